The molecule has 0 unspecified atom stereocenters. The quantitative estimate of drug-likeness (QED) is 0.676. The fraction of sp³-hybridized carbons (Fsp3) is 0. The van der Waals surface area contributed by atoms with Crippen LogP contribution in [0.4, 0.5) is 0 Å². The van der Waals surface area contributed by atoms with Gasteiger partial charge in [-0.15, -0.1) is 0 Å². The SMILES string of the molecule is O=C(O)c1cc(Br)ccc1Sc1ccc2ccccc2c1. The average Bonchev–Trinajstić information content (AvgIpc) is 2.49. The van der Waals surface area contributed by atoms with Crippen LogP contribution < -0.4 is 0 Å². The van der Waals surface area contributed by atoms with Crippen LogP contribution in [0.1, 0.15) is 10.4 Å². The average molecular weight is 359 g/mol. The molecule has 0 saturated heterocycles. The molecule has 1 N–H and O–H groups in total. The van der Waals surface area contributed by atoms with Crippen LogP contribution in [-0.2, 0) is 0 Å². The molecule has 21 heavy (non-hydrogen) atoms. The second-order valence-electron chi connectivity index (χ2n) is 4.56. The maximum absolute atomic E-state index is 11.3. The molecule has 0 fully saturated rings. The van der Waals surface area contributed by atoms with Gasteiger partial charge in [0.15, 0.2) is 0 Å². The zero-order valence-corrected chi connectivity index (χ0v) is 13.3. The number of carbonyl (C=O) groups is 1. The van der Waals surface area contributed by atoms with Crippen molar-refractivity contribution in [2.75, 3.05) is 0 Å². The van der Waals surface area contributed by atoms with Crippen LogP contribution in [0.3, 0.4) is 0 Å². The predicted molar refractivity (Wildman–Crippen MR) is 89.2 cm³/mol. The molecule has 0 aliphatic heterocycles. The van der Waals surface area contributed by atoms with Crippen molar-refractivity contribution in [3.05, 3.63) is 70.7 Å². The summed E-state index contributed by atoms with van der Waals surface area (Å²) in [6.45, 7) is 0. The van der Waals surface area contributed by atoms with Crippen molar-refractivity contribution >= 4 is 44.4 Å². The Morgan fingerprint density at radius 3 is 2.48 bits per heavy atom. The Labute approximate surface area is 134 Å². The van der Waals surface area contributed by atoms with Gasteiger partial charge >= 0.3 is 5.97 Å². The lowest BCUT2D eigenvalue weighted by atomic mass is 10.1. The molecule has 4 heteroatoms. The molecule has 0 spiro atoms. The van der Waals surface area contributed by atoms with Gasteiger partial charge in [-0.3, -0.25) is 0 Å². The fourth-order valence-corrected chi connectivity index (χ4v) is 3.45. The van der Waals surface area contributed by atoms with Crippen molar-refractivity contribution in [2.24, 2.45) is 0 Å². The Balaban J connectivity index is 2.00. The third-order valence-corrected chi connectivity index (χ3v) is 4.68. The molecule has 0 saturated carbocycles. The Hall–Kier alpha value is -1.78. The Morgan fingerprint density at radius 2 is 1.71 bits per heavy atom. The summed E-state index contributed by atoms with van der Waals surface area (Å²) >= 11 is 4.77. The minimum atomic E-state index is -0.917. The Bertz CT molecular complexity index is 830. The summed E-state index contributed by atoms with van der Waals surface area (Å²) in [7, 11) is 0. The molecule has 0 aliphatic carbocycles. The van der Waals surface area contributed by atoms with Crippen molar-refractivity contribution in [3.63, 3.8) is 0 Å². The molecular weight excluding hydrogens is 348 g/mol. The van der Waals surface area contributed by atoms with Crippen molar-refractivity contribution in [1.29, 1.82) is 0 Å². The van der Waals surface area contributed by atoms with Gasteiger partial charge in [-0.2, -0.15) is 0 Å². The van der Waals surface area contributed by atoms with Crippen LogP contribution in [0.2, 0.25) is 0 Å². The van der Waals surface area contributed by atoms with Gasteiger partial charge in [0, 0.05) is 14.3 Å². The second-order valence-corrected chi connectivity index (χ2v) is 6.59. The molecule has 0 aromatic heterocycles. The monoisotopic (exact) mass is 358 g/mol. The fourth-order valence-electron chi connectivity index (χ4n) is 2.12. The lowest BCUT2D eigenvalue weighted by Gasteiger charge is -2.07. The topological polar surface area (TPSA) is 37.3 Å². The van der Waals surface area contributed by atoms with E-state index in [2.05, 4.69) is 40.2 Å². The third kappa shape index (κ3) is 3.12. The lowest BCUT2D eigenvalue weighted by molar-refractivity contribution is 0.0693. The van der Waals surface area contributed by atoms with E-state index in [1.807, 2.05) is 30.3 Å². The summed E-state index contributed by atoms with van der Waals surface area (Å²) in [6, 6.07) is 19.6. The molecule has 104 valence electrons. The van der Waals surface area contributed by atoms with Gasteiger partial charge in [0.1, 0.15) is 0 Å². The standard InChI is InChI=1S/C17H11BrO2S/c18-13-6-8-16(15(10-13)17(19)20)21-14-7-5-11-3-1-2-4-12(11)9-14/h1-10H,(H,19,20). The minimum Gasteiger partial charge on any atom is -0.478 e. The summed E-state index contributed by atoms with van der Waals surface area (Å²) in [5.74, 6) is -0.917. The summed E-state index contributed by atoms with van der Waals surface area (Å²) in [5.41, 5.74) is 0.308. The smallest absolute Gasteiger partial charge is 0.336 e. The molecule has 0 aliphatic rings. The van der Waals surface area contributed by atoms with Gasteiger partial charge in [0.05, 0.1) is 5.56 Å². The first-order valence-corrected chi connectivity index (χ1v) is 7.94. The third-order valence-electron chi connectivity index (χ3n) is 3.12. The zero-order chi connectivity index (χ0) is 14.8. The summed E-state index contributed by atoms with van der Waals surface area (Å²) in [4.78, 5) is 13.1. The molecule has 0 bridgehead atoms. The zero-order valence-electron chi connectivity index (χ0n) is 10.9. The van der Waals surface area contributed by atoms with Crippen LogP contribution in [-0.4, -0.2) is 11.1 Å². The first kappa shape index (κ1) is 14.2. The first-order valence-electron chi connectivity index (χ1n) is 6.33. The van der Waals surface area contributed by atoms with Gasteiger partial charge in [0.2, 0.25) is 0 Å². The number of fused-ring (bicyclic) bond motifs is 1. The van der Waals surface area contributed by atoms with E-state index in [4.69, 9.17) is 0 Å². The van der Waals surface area contributed by atoms with Gasteiger partial charge in [-0.05, 0) is 41.1 Å². The number of hydrogen-bond acceptors (Lipinski definition) is 2. The molecule has 3 aromatic carbocycles. The Kier molecular flexibility index (Phi) is 3.99. The molecule has 3 rings (SSSR count). The number of carboxylic acid groups (broad SMARTS) is 1. The second kappa shape index (κ2) is 5.92. The lowest BCUT2D eigenvalue weighted by Crippen LogP contribution is -1.98. The number of carboxylic acids is 1. The van der Waals surface area contributed by atoms with E-state index in [-0.39, 0.29) is 0 Å². The number of hydrogen-bond donors (Lipinski definition) is 1. The van der Waals surface area contributed by atoms with E-state index < -0.39 is 5.97 Å². The van der Waals surface area contributed by atoms with Crippen molar-refractivity contribution < 1.29 is 9.90 Å². The largest absolute Gasteiger partial charge is 0.478 e. The summed E-state index contributed by atoms with van der Waals surface area (Å²) in [6.07, 6.45) is 0. The van der Waals surface area contributed by atoms with Crippen molar-refractivity contribution in [2.45, 2.75) is 9.79 Å². The molecule has 3 aromatic rings. The van der Waals surface area contributed by atoms with Crippen LogP contribution in [0.15, 0.2) is 74.9 Å². The van der Waals surface area contributed by atoms with Gasteiger partial charge < -0.3 is 5.11 Å². The van der Waals surface area contributed by atoms with Crippen LogP contribution >= 0.6 is 27.7 Å². The van der Waals surface area contributed by atoms with Gasteiger partial charge in [0.25, 0.3) is 0 Å². The first-order chi connectivity index (χ1) is 10.1. The summed E-state index contributed by atoms with van der Waals surface area (Å²) < 4.78 is 0.766. The highest BCUT2D eigenvalue weighted by Crippen LogP contribution is 2.33. The maximum atomic E-state index is 11.3. The highest BCUT2D eigenvalue weighted by molar-refractivity contribution is 9.10. The number of rotatable bonds is 3. The Morgan fingerprint density at radius 1 is 0.952 bits per heavy atom. The highest BCUT2D eigenvalue weighted by Gasteiger charge is 2.12. The van der Waals surface area contributed by atoms with E-state index in [0.717, 1.165) is 19.6 Å². The minimum absolute atomic E-state index is 0.308. The van der Waals surface area contributed by atoms with E-state index in [1.54, 1.807) is 6.07 Å². The van der Waals surface area contributed by atoms with E-state index in [1.165, 1.54) is 17.1 Å². The van der Waals surface area contributed by atoms with Crippen LogP contribution in [0.5, 0.6) is 0 Å². The highest BCUT2D eigenvalue weighted by atomic mass is 79.9. The molecule has 0 radical (unpaired) electrons. The number of halogens is 1. The van der Waals surface area contributed by atoms with Gasteiger partial charge in [-0.1, -0.05) is 58.0 Å². The van der Waals surface area contributed by atoms with E-state index in [9.17, 15) is 9.90 Å². The van der Waals surface area contributed by atoms with Crippen molar-refractivity contribution in [3.8, 4) is 0 Å². The molecular formula is C17H11BrO2S. The number of benzene rings is 3. The van der Waals surface area contributed by atoms with Crippen LogP contribution in [0, 0.1) is 0 Å². The molecule has 2 nitrogen and oxygen atoms in total. The van der Waals surface area contributed by atoms with Crippen molar-refractivity contribution in [1.82, 2.24) is 0 Å². The van der Waals surface area contributed by atoms with Crippen LogP contribution in [0.25, 0.3) is 10.8 Å². The normalized spacial score (nSPS) is 10.7. The maximum Gasteiger partial charge on any atom is 0.336 e. The van der Waals surface area contributed by atoms with E-state index in [0.29, 0.717) is 5.56 Å². The predicted octanol–water partition coefficient (Wildman–Crippen LogP) is 5.45. The summed E-state index contributed by atoms with van der Waals surface area (Å²) in [5, 5.41) is 11.6. The van der Waals surface area contributed by atoms with E-state index >= 15 is 0 Å². The number of aromatic carboxylic acids is 1. The molecule has 0 heterocycles. The molecule has 0 amide bonds. The molecule has 0 atom stereocenters. The van der Waals surface area contributed by atoms with Gasteiger partial charge in [-0.25, -0.2) is 4.79 Å².